The molecule has 6 heteroatoms. The molecule has 6 nitrogen and oxygen atoms in total. The first-order valence-electron chi connectivity index (χ1n) is 9.38. The molecule has 1 aromatic heterocycles. The van der Waals surface area contributed by atoms with Gasteiger partial charge in [-0.1, -0.05) is 18.2 Å². The zero-order chi connectivity index (χ0) is 18.4. The molecule has 0 atom stereocenters. The molecule has 0 unspecified atom stereocenters. The lowest BCUT2D eigenvalue weighted by Crippen LogP contribution is -2.25. The Balaban J connectivity index is 1.41. The van der Waals surface area contributed by atoms with Gasteiger partial charge in [-0.2, -0.15) is 5.10 Å². The van der Waals surface area contributed by atoms with Crippen LogP contribution in [0.4, 0.5) is 5.82 Å². The Labute approximate surface area is 156 Å². The lowest BCUT2D eigenvalue weighted by Gasteiger charge is -2.07. The summed E-state index contributed by atoms with van der Waals surface area (Å²) in [5, 5.41) is 14.0. The van der Waals surface area contributed by atoms with Gasteiger partial charge in [-0.15, -0.1) is 0 Å². The smallest absolute Gasteiger partial charge is 0.251 e. The molecular weight excluding hydrogens is 340 g/mol. The number of nitrogens with zero attached hydrogens (tertiary/aromatic N) is 1. The number of aromatic amines is 1. The third-order valence-electron chi connectivity index (χ3n) is 5.12. The lowest BCUT2D eigenvalue weighted by atomic mass is 10.0. The molecule has 2 aromatic carbocycles. The van der Waals surface area contributed by atoms with Gasteiger partial charge in [-0.05, 0) is 61.1 Å². The minimum absolute atomic E-state index is 0.0213. The van der Waals surface area contributed by atoms with Crippen LogP contribution in [-0.2, 0) is 4.79 Å². The number of fused-ring (bicyclic) bond motifs is 1. The summed E-state index contributed by atoms with van der Waals surface area (Å²) in [5.74, 6) is 0.737. The van der Waals surface area contributed by atoms with Crippen LogP contribution in [0.15, 0.2) is 42.5 Å². The molecule has 1 heterocycles. The highest BCUT2D eigenvalue weighted by Gasteiger charge is 2.30. The number of carbonyl (C=O) groups is 2. The van der Waals surface area contributed by atoms with Gasteiger partial charge < -0.3 is 10.6 Å². The van der Waals surface area contributed by atoms with E-state index in [0.29, 0.717) is 17.4 Å². The predicted octanol–water partition coefficient (Wildman–Crippen LogP) is 3.47. The van der Waals surface area contributed by atoms with E-state index < -0.39 is 0 Å². The SMILES string of the molecule is O=C(NC1CC1)c1cccc(-c2ccc3c(NC(=O)C4CC4)n[nH]c3c2)c1. The molecule has 5 rings (SSSR count). The molecule has 2 fully saturated rings. The molecule has 27 heavy (non-hydrogen) atoms. The monoisotopic (exact) mass is 360 g/mol. The molecule has 2 aliphatic carbocycles. The van der Waals surface area contributed by atoms with Crippen LogP contribution in [0.1, 0.15) is 36.0 Å². The molecule has 3 aromatic rings. The summed E-state index contributed by atoms with van der Waals surface area (Å²) >= 11 is 0. The van der Waals surface area contributed by atoms with Gasteiger partial charge in [0.2, 0.25) is 5.91 Å². The quantitative estimate of drug-likeness (QED) is 0.651. The van der Waals surface area contributed by atoms with Crippen molar-refractivity contribution in [3.8, 4) is 11.1 Å². The zero-order valence-electron chi connectivity index (χ0n) is 14.8. The number of aromatic nitrogens is 2. The van der Waals surface area contributed by atoms with Gasteiger partial charge in [0.25, 0.3) is 5.91 Å². The molecule has 0 spiro atoms. The molecular formula is C21H20N4O2. The first-order chi connectivity index (χ1) is 13.2. The van der Waals surface area contributed by atoms with Crippen LogP contribution in [0.3, 0.4) is 0 Å². The summed E-state index contributed by atoms with van der Waals surface area (Å²) in [4.78, 5) is 24.3. The minimum atomic E-state index is -0.0213. The molecule has 2 aliphatic rings. The molecule has 0 saturated heterocycles. The highest BCUT2D eigenvalue weighted by atomic mass is 16.2. The maximum Gasteiger partial charge on any atom is 0.251 e. The first kappa shape index (κ1) is 16.1. The third-order valence-corrected chi connectivity index (χ3v) is 5.12. The summed E-state index contributed by atoms with van der Waals surface area (Å²) in [6.07, 6.45) is 4.06. The van der Waals surface area contributed by atoms with Crippen LogP contribution in [0, 0.1) is 5.92 Å². The van der Waals surface area contributed by atoms with Crippen LogP contribution in [0.5, 0.6) is 0 Å². The van der Waals surface area contributed by atoms with Crippen molar-refractivity contribution in [2.45, 2.75) is 31.7 Å². The van der Waals surface area contributed by atoms with E-state index in [1.807, 2.05) is 42.5 Å². The first-order valence-corrected chi connectivity index (χ1v) is 9.38. The molecule has 3 N–H and O–H groups in total. The number of benzene rings is 2. The Bertz CT molecular complexity index is 1050. The second-order valence-electron chi connectivity index (χ2n) is 7.42. The number of hydrogen-bond donors (Lipinski definition) is 3. The Hall–Kier alpha value is -3.15. The van der Waals surface area contributed by atoms with Crippen molar-refractivity contribution in [1.82, 2.24) is 15.5 Å². The molecule has 0 radical (unpaired) electrons. The van der Waals surface area contributed by atoms with Gasteiger partial charge in [-0.25, -0.2) is 0 Å². The van der Waals surface area contributed by atoms with E-state index in [2.05, 4.69) is 20.8 Å². The fourth-order valence-electron chi connectivity index (χ4n) is 3.20. The molecule has 0 aliphatic heterocycles. The summed E-state index contributed by atoms with van der Waals surface area (Å²) < 4.78 is 0. The summed E-state index contributed by atoms with van der Waals surface area (Å²) in [6.45, 7) is 0. The average Bonchev–Trinajstić information content (AvgIpc) is 3.61. The Kier molecular flexibility index (Phi) is 3.70. The fourth-order valence-corrected chi connectivity index (χ4v) is 3.20. The van der Waals surface area contributed by atoms with Crippen molar-refractivity contribution >= 4 is 28.5 Å². The summed E-state index contributed by atoms with van der Waals surface area (Å²) in [6, 6.07) is 13.9. The van der Waals surface area contributed by atoms with E-state index in [4.69, 9.17) is 0 Å². The Morgan fingerprint density at radius 2 is 1.81 bits per heavy atom. The van der Waals surface area contributed by atoms with Gasteiger partial charge in [0.15, 0.2) is 5.82 Å². The van der Waals surface area contributed by atoms with Crippen molar-refractivity contribution in [3.05, 3.63) is 48.0 Å². The minimum Gasteiger partial charge on any atom is -0.349 e. The van der Waals surface area contributed by atoms with Crippen molar-refractivity contribution < 1.29 is 9.59 Å². The third kappa shape index (κ3) is 3.30. The second kappa shape index (κ2) is 6.23. The normalized spacial score (nSPS) is 16.3. The molecule has 0 bridgehead atoms. The Morgan fingerprint density at radius 1 is 1.00 bits per heavy atom. The maximum absolute atomic E-state index is 12.3. The van der Waals surface area contributed by atoms with E-state index >= 15 is 0 Å². The van der Waals surface area contributed by atoms with Gasteiger partial charge in [-0.3, -0.25) is 14.7 Å². The van der Waals surface area contributed by atoms with Gasteiger partial charge >= 0.3 is 0 Å². The highest BCUT2D eigenvalue weighted by molar-refractivity contribution is 6.02. The maximum atomic E-state index is 12.3. The molecule has 2 amide bonds. The standard InChI is InChI=1S/C21H20N4O2/c26-20(12-4-5-12)23-19-17-9-6-14(11-18(17)24-25-19)13-2-1-3-15(10-13)21(27)22-16-7-8-16/h1-3,6,9-12,16H,4-5,7-8H2,(H,22,27)(H2,23,24,25,26). The number of H-pyrrole nitrogens is 1. The van der Waals surface area contributed by atoms with Crippen molar-refractivity contribution in [2.75, 3.05) is 5.32 Å². The molecule has 2 saturated carbocycles. The molecule has 136 valence electrons. The van der Waals surface area contributed by atoms with E-state index in [1.165, 1.54) is 0 Å². The topological polar surface area (TPSA) is 86.9 Å². The Morgan fingerprint density at radius 3 is 2.59 bits per heavy atom. The van der Waals surface area contributed by atoms with E-state index in [9.17, 15) is 9.59 Å². The highest BCUT2D eigenvalue weighted by Crippen LogP contribution is 2.32. The van der Waals surface area contributed by atoms with E-state index in [-0.39, 0.29) is 17.7 Å². The fraction of sp³-hybridized carbons (Fsp3) is 0.286. The largest absolute Gasteiger partial charge is 0.349 e. The number of amides is 2. The predicted molar refractivity (Wildman–Crippen MR) is 103 cm³/mol. The number of hydrogen-bond acceptors (Lipinski definition) is 3. The van der Waals surface area contributed by atoms with Crippen LogP contribution < -0.4 is 10.6 Å². The van der Waals surface area contributed by atoms with Gasteiger partial charge in [0.1, 0.15) is 0 Å². The van der Waals surface area contributed by atoms with Gasteiger partial charge in [0.05, 0.1) is 5.52 Å². The summed E-state index contributed by atoms with van der Waals surface area (Å²) in [7, 11) is 0. The van der Waals surface area contributed by atoms with E-state index in [0.717, 1.165) is 47.7 Å². The summed E-state index contributed by atoms with van der Waals surface area (Å²) in [5.41, 5.74) is 3.48. The average molecular weight is 360 g/mol. The second-order valence-corrected chi connectivity index (χ2v) is 7.42. The van der Waals surface area contributed by atoms with Crippen LogP contribution >= 0.6 is 0 Å². The van der Waals surface area contributed by atoms with Crippen molar-refractivity contribution in [3.63, 3.8) is 0 Å². The zero-order valence-corrected chi connectivity index (χ0v) is 14.8. The van der Waals surface area contributed by atoms with Crippen LogP contribution in [0.2, 0.25) is 0 Å². The van der Waals surface area contributed by atoms with Crippen LogP contribution in [-0.4, -0.2) is 28.1 Å². The van der Waals surface area contributed by atoms with Gasteiger partial charge in [0, 0.05) is 22.9 Å². The van der Waals surface area contributed by atoms with Crippen molar-refractivity contribution in [2.24, 2.45) is 5.92 Å². The van der Waals surface area contributed by atoms with E-state index in [1.54, 1.807) is 0 Å². The number of nitrogens with one attached hydrogen (secondary N) is 3. The number of anilines is 1. The number of carbonyl (C=O) groups excluding carboxylic acids is 2. The number of rotatable bonds is 5. The lowest BCUT2D eigenvalue weighted by molar-refractivity contribution is -0.117. The van der Waals surface area contributed by atoms with Crippen molar-refractivity contribution in [1.29, 1.82) is 0 Å². The van der Waals surface area contributed by atoms with Crippen LogP contribution in [0.25, 0.3) is 22.0 Å².